The van der Waals surface area contributed by atoms with Gasteiger partial charge in [0, 0.05) is 24.0 Å². The Balaban J connectivity index is 1.61. The van der Waals surface area contributed by atoms with Crippen LogP contribution in [-0.4, -0.2) is 40.0 Å². The predicted molar refractivity (Wildman–Crippen MR) is 124 cm³/mol. The molecule has 3 aromatic rings. The first-order valence-electron chi connectivity index (χ1n) is 11.2. The minimum Gasteiger partial charge on any atom is -0.466 e. The number of nitrogens with two attached hydrogens (primary N) is 1. The molecule has 2 N–H and O–H groups in total. The van der Waals surface area contributed by atoms with Crippen molar-refractivity contribution >= 4 is 17.3 Å². The Hall–Kier alpha value is -2.86. The Morgan fingerprint density at radius 2 is 1.87 bits per heavy atom. The van der Waals surface area contributed by atoms with Crippen LogP contribution in [0.5, 0.6) is 0 Å². The molecule has 6 heteroatoms. The highest BCUT2D eigenvalue weighted by Crippen LogP contribution is 2.29. The van der Waals surface area contributed by atoms with Crippen LogP contribution in [0.3, 0.4) is 0 Å². The van der Waals surface area contributed by atoms with Crippen molar-refractivity contribution in [1.82, 2.24) is 14.3 Å². The number of carbonyl (C=O) groups excluding carboxylic acids is 1. The minimum atomic E-state index is -0.0596. The summed E-state index contributed by atoms with van der Waals surface area (Å²) in [6, 6.07) is 12.6. The van der Waals surface area contributed by atoms with Crippen molar-refractivity contribution in [1.29, 1.82) is 0 Å². The smallest absolute Gasteiger partial charge is 0.309 e. The second kappa shape index (κ2) is 9.10. The molecule has 0 aliphatic carbocycles. The molecular weight excluding hydrogens is 388 g/mol. The number of aromatic nitrogens is 2. The van der Waals surface area contributed by atoms with Crippen molar-refractivity contribution in [3.8, 4) is 11.3 Å². The third kappa shape index (κ3) is 4.59. The third-order valence-electron chi connectivity index (χ3n) is 6.17. The Bertz CT molecular complexity index is 1050. The van der Waals surface area contributed by atoms with Crippen molar-refractivity contribution < 1.29 is 9.53 Å². The maximum absolute atomic E-state index is 12.1. The number of nitrogen functional groups attached to an aromatic ring is 1. The second-order valence-corrected chi connectivity index (χ2v) is 8.68. The summed E-state index contributed by atoms with van der Waals surface area (Å²) in [6.07, 6.45) is 3.61. The molecule has 6 nitrogen and oxygen atoms in total. The van der Waals surface area contributed by atoms with Gasteiger partial charge in [0.2, 0.25) is 0 Å². The molecule has 31 heavy (non-hydrogen) atoms. The van der Waals surface area contributed by atoms with E-state index in [0.29, 0.717) is 18.2 Å². The Morgan fingerprint density at radius 3 is 2.52 bits per heavy atom. The molecule has 0 saturated carbocycles. The second-order valence-electron chi connectivity index (χ2n) is 8.68. The van der Waals surface area contributed by atoms with E-state index in [0.717, 1.165) is 55.1 Å². The van der Waals surface area contributed by atoms with Gasteiger partial charge in [-0.15, -0.1) is 0 Å². The molecule has 1 saturated heterocycles. The standard InChI is InChI=1S/C25H32N4O2/c1-4-31-25(30)20-11-13-28(14-12-20)16-22-24(19-7-5-18(6-8-19)17(2)3)27-23-10-9-21(26)15-29(22)23/h5-10,15,17,20H,4,11-14,16,26H2,1-3H3. The average molecular weight is 421 g/mol. The number of hydrogen-bond donors (Lipinski definition) is 1. The van der Waals surface area contributed by atoms with Crippen LogP contribution in [0, 0.1) is 5.92 Å². The number of likely N-dealkylation sites (tertiary alicyclic amines) is 1. The Kier molecular flexibility index (Phi) is 6.28. The minimum absolute atomic E-state index is 0.0112. The number of esters is 1. The number of ether oxygens (including phenoxy) is 1. The number of anilines is 1. The molecule has 2 aromatic heterocycles. The van der Waals surface area contributed by atoms with Gasteiger partial charge in [0.25, 0.3) is 0 Å². The summed E-state index contributed by atoms with van der Waals surface area (Å²) in [7, 11) is 0. The molecular formula is C25H32N4O2. The van der Waals surface area contributed by atoms with Gasteiger partial charge >= 0.3 is 5.97 Å². The number of fused-ring (bicyclic) bond motifs is 1. The number of pyridine rings is 1. The Morgan fingerprint density at radius 1 is 1.16 bits per heavy atom. The van der Waals surface area contributed by atoms with Crippen LogP contribution in [0.2, 0.25) is 0 Å². The van der Waals surface area contributed by atoms with Gasteiger partial charge in [0.15, 0.2) is 0 Å². The molecule has 0 spiro atoms. The fourth-order valence-electron chi connectivity index (χ4n) is 4.32. The van der Waals surface area contributed by atoms with Gasteiger partial charge in [0.1, 0.15) is 5.65 Å². The summed E-state index contributed by atoms with van der Waals surface area (Å²) in [6.45, 7) is 9.21. The van der Waals surface area contributed by atoms with Crippen LogP contribution in [0.1, 0.15) is 50.8 Å². The zero-order chi connectivity index (χ0) is 22.0. The van der Waals surface area contributed by atoms with E-state index in [2.05, 4.69) is 47.4 Å². The van der Waals surface area contributed by atoms with Crippen LogP contribution in [0.4, 0.5) is 5.69 Å². The van der Waals surface area contributed by atoms with E-state index in [1.54, 1.807) is 0 Å². The van der Waals surface area contributed by atoms with Crippen molar-refractivity contribution in [2.24, 2.45) is 5.92 Å². The molecule has 1 aliphatic rings. The van der Waals surface area contributed by atoms with Crippen molar-refractivity contribution in [3.05, 3.63) is 53.9 Å². The van der Waals surface area contributed by atoms with Crippen LogP contribution < -0.4 is 5.73 Å². The SMILES string of the molecule is CCOC(=O)C1CCN(Cc2c(-c3ccc(C(C)C)cc3)nc3ccc(N)cn23)CC1. The highest BCUT2D eigenvalue weighted by atomic mass is 16.5. The number of imidazole rings is 1. The Labute approximate surface area is 184 Å². The summed E-state index contributed by atoms with van der Waals surface area (Å²) in [5.74, 6) is 0.447. The fourth-order valence-corrected chi connectivity index (χ4v) is 4.32. The molecule has 0 unspecified atom stereocenters. The molecule has 4 rings (SSSR count). The number of hydrogen-bond acceptors (Lipinski definition) is 5. The number of rotatable bonds is 6. The van der Waals surface area contributed by atoms with E-state index in [4.69, 9.17) is 15.5 Å². The largest absolute Gasteiger partial charge is 0.466 e. The molecule has 0 atom stereocenters. The summed E-state index contributed by atoms with van der Waals surface area (Å²) in [4.78, 5) is 19.4. The van der Waals surface area contributed by atoms with E-state index in [9.17, 15) is 4.79 Å². The first kappa shape index (κ1) is 21.4. The molecule has 3 heterocycles. The van der Waals surface area contributed by atoms with Crippen molar-refractivity contribution in [3.63, 3.8) is 0 Å². The molecule has 1 fully saturated rings. The first-order chi connectivity index (χ1) is 15.0. The maximum atomic E-state index is 12.1. The lowest BCUT2D eigenvalue weighted by Gasteiger charge is -2.30. The highest BCUT2D eigenvalue weighted by molar-refractivity contribution is 5.72. The molecule has 1 aromatic carbocycles. The van der Waals surface area contributed by atoms with Gasteiger partial charge in [-0.2, -0.15) is 0 Å². The maximum Gasteiger partial charge on any atom is 0.309 e. The van der Waals surface area contributed by atoms with Crippen molar-refractivity contribution in [2.75, 3.05) is 25.4 Å². The quantitative estimate of drug-likeness (QED) is 0.595. The van der Waals surface area contributed by atoms with Crippen molar-refractivity contribution in [2.45, 2.75) is 46.1 Å². The lowest BCUT2D eigenvalue weighted by molar-refractivity contribution is -0.149. The molecule has 164 valence electrons. The van der Waals surface area contributed by atoms with Crippen LogP contribution >= 0.6 is 0 Å². The molecule has 0 radical (unpaired) electrons. The van der Waals surface area contributed by atoms with Gasteiger partial charge in [-0.05, 0) is 56.5 Å². The van der Waals surface area contributed by atoms with Crippen LogP contribution in [0.15, 0.2) is 42.6 Å². The average Bonchev–Trinajstić information content (AvgIpc) is 3.12. The van der Waals surface area contributed by atoms with Gasteiger partial charge in [-0.3, -0.25) is 9.69 Å². The fraction of sp³-hybridized carbons (Fsp3) is 0.440. The molecule has 0 amide bonds. The summed E-state index contributed by atoms with van der Waals surface area (Å²) in [5.41, 5.74) is 12.3. The highest BCUT2D eigenvalue weighted by Gasteiger charge is 2.27. The number of nitrogens with zero attached hydrogens (tertiary/aromatic N) is 3. The summed E-state index contributed by atoms with van der Waals surface area (Å²) >= 11 is 0. The lowest BCUT2D eigenvalue weighted by atomic mass is 9.96. The van der Waals surface area contributed by atoms with Gasteiger partial charge in [-0.1, -0.05) is 38.1 Å². The molecule has 0 bridgehead atoms. The zero-order valence-electron chi connectivity index (χ0n) is 18.7. The van der Waals surface area contributed by atoms with Crippen LogP contribution in [0.25, 0.3) is 16.9 Å². The normalized spacial score (nSPS) is 15.6. The summed E-state index contributed by atoms with van der Waals surface area (Å²) in [5, 5.41) is 0. The van der Waals surface area contributed by atoms with Gasteiger partial charge < -0.3 is 14.9 Å². The summed E-state index contributed by atoms with van der Waals surface area (Å²) < 4.78 is 7.32. The van der Waals surface area contributed by atoms with E-state index >= 15 is 0 Å². The zero-order valence-corrected chi connectivity index (χ0v) is 18.7. The number of carbonyl (C=O) groups is 1. The van der Waals surface area contributed by atoms with E-state index < -0.39 is 0 Å². The monoisotopic (exact) mass is 420 g/mol. The van der Waals surface area contributed by atoms with Gasteiger partial charge in [-0.25, -0.2) is 4.98 Å². The van der Waals surface area contributed by atoms with Gasteiger partial charge in [0.05, 0.1) is 23.9 Å². The number of piperidine rings is 1. The number of benzene rings is 1. The lowest BCUT2D eigenvalue weighted by Crippen LogP contribution is -2.36. The predicted octanol–water partition coefficient (Wildman–Crippen LogP) is 4.48. The van der Waals surface area contributed by atoms with E-state index in [1.165, 1.54) is 5.56 Å². The topological polar surface area (TPSA) is 72.9 Å². The molecule has 1 aliphatic heterocycles. The van der Waals surface area contributed by atoms with E-state index in [1.807, 2.05) is 25.3 Å². The third-order valence-corrected chi connectivity index (χ3v) is 6.17. The first-order valence-corrected chi connectivity index (χ1v) is 11.2. The van der Waals surface area contributed by atoms with E-state index in [-0.39, 0.29) is 11.9 Å². The van der Waals surface area contributed by atoms with Crippen LogP contribution in [-0.2, 0) is 16.1 Å².